The fourth-order valence-corrected chi connectivity index (χ4v) is 3.85. The molecule has 5 heteroatoms. The van der Waals surface area contributed by atoms with Crippen LogP contribution in [0.1, 0.15) is 37.3 Å². The van der Waals surface area contributed by atoms with Gasteiger partial charge in [-0.1, -0.05) is 29.3 Å². The first-order valence-electron chi connectivity index (χ1n) is 7.75. The van der Waals surface area contributed by atoms with E-state index in [9.17, 15) is 5.11 Å². The van der Waals surface area contributed by atoms with E-state index in [4.69, 9.17) is 23.2 Å². The molecule has 3 rings (SSSR count). The predicted molar refractivity (Wildman–Crippen MR) is 87.0 cm³/mol. The first-order valence-corrected chi connectivity index (χ1v) is 8.51. The largest absolute Gasteiger partial charge is 0.393 e. The van der Waals surface area contributed by atoms with Crippen LogP contribution in [0.3, 0.4) is 0 Å². The van der Waals surface area contributed by atoms with Gasteiger partial charge in [0.25, 0.3) is 0 Å². The number of nitrogens with zero attached hydrogens (tertiary/aromatic N) is 1. The predicted octanol–water partition coefficient (Wildman–Crippen LogP) is 3.24. The summed E-state index contributed by atoms with van der Waals surface area (Å²) in [6.45, 7) is 2.95. The first kappa shape index (κ1) is 15.6. The average Bonchev–Trinajstić information content (AvgIpc) is 2.99. The first-order chi connectivity index (χ1) is 10.1. The van der Waals surface area contributed by atoms with Gasteiger partial charge in [0, 0.05) is 19.1 Å². The summed E-state index contributed by atoms with van der Waals surface area (Å²) >= 11 is 12.3. The van der Waals surface area contributed by atoms with Crippen molar-refractivity contribution in [3.05, 3.63) is 33.8 Å². The highest BCUT2D eigenvalue weighted by Gasteiger charge is 2.33. The second-order valence-electron chi connectivity index (χ2n) is 6.09. The highest BCUT2D eigenvalue weighted by atomic mass is 35.5. The molecule has 116 valence electrons. The number of hydrogen-bond donors (Lipinski definition) is 2. The topological polar surface area (TPSA) is 35.5 Å². The van der Waals surface area contributed by atoms with E-state index in [2.05, 4.69) is 16.3 Å². The van der Waals surface area contributed by atoms with Crippen molar-refractivity contribution in [2.24, 2.45) is 0 Å². The Labute approximate surface area is 136 Å². The van der Waals surface area contributed by atoms with Crippen LogP contribution in [-0.4, -0.2) is 41.8 Å². The van der Waals surface area contributed by atoms with Gasteiger partial charge in [0.1, 0.15) is 0 Å². The summed E-state index contributed by atoms with van der Waals surface area (Å²) in [5, 5.41) is 14.6. The molecule has 0 spiro atoms. The number of nitrogens with one attached hydrogen (secondary N) is 1. The van der Waals surface area contributed by atoms with Gasteiger partial charge in [0.05, 0.1) is 22.2 Å². The highest BCUT2D eigenvalue weighted by Crippen LogP contribution is 2.34. The van der Waals surface area contributed by atoms with Gasteiger partial charge >= 0.3 is 0 Å². The Balaban J connectivity index is 1.86. The number of aliphatic hydroxyl groups is 1. The van der Waals surface area contributed by atoms with Crippen LogP contribution in [0.25, 0.3) is 0 Å². The molecule has 0 amide bonds. The van der Waals surface area contributed by atoms with Gasteiger partial charge in [0.15, 0.2) is 0 Å². The summed E-state index contributed by atoms with van der Waals surface area (Å²) < 4.78 is 0. The van der Waals surface area contributed by atoms with E-state index < -0.39 is 0 Å². The molecular formula is C16H22Cl2N2O. The third-order valence-corrected chi connectivity index (χ3v) is 5.40. The fraction of sp³-hybridized carbons (Fsp3) is 0.625. The zero-order chi connectivity index (χ0) is 14.8. The Bertz CT molecular complexity index is 483. The molecule has 2 unspecified atom stereocenters. The number of hydrogen-bond acceptors (Lipinski definition) is 3. The van der Waals surface area contributed by atoms with Crippen LogP contribution in [0.5, 0.6) is 0 Å². The van der Waals surface area contributed by atoms with E-state index in [0.717, 1.165) is 32.5 Å². The van der Waals surface area contributed by atoms with Gasteiger partial charge in [-0.05, 0) is 49.9 Å². The van der Waals surface area contributed by atoms with Crippen LogP contribution in [-0.2, 0) is 0 Å². The van der Waals surface area contributed by atoms with E-state index in [1.54, 1.807) is 0 Å². The lowest BCUT2D eigenvalue weighted by Gasteiger charge is -2.39. The summed E-state index contributed by atoms with van der Waals surface area (Å²) in [5.41, 5.74) is 1.22. The molecule has 3 nitrogen and oxygen atoms in total. The molecular weight excluding hydrogens is 307 g/mol. The molecule has 0 aliphatic carbocycles. The minimum Gasteiger partial charge on any atom is -0.393 e. The molecule has 0 saturated carbocycles. The molecule has 2 aliphatic heterocycles. The summed E-state index contributed by atoms with van der Waals surface area (Å²) in [5.74, 6) is 0. The maximum atomic E-state index is 9.74. The quantitative estimate of drug-likeness (QED) is 0.894. The molecule has 21 heavy (non-hydrogen) atoms. The lowest BCUT2D eigenvalue weighted by atomic mass is 9.94. The van der Waals surface area contributed by atoms with Gasteiger partial charge < -0.3 is 10.4 Å². The van der Waals surface area contributed by atoms with Gasteiger partial charge in [-0.2, -0.15) is 0 Å². The summed E-state index contributed by atoms with van der Waals surface area (Å²) in [4.78, 5) is 2.48. The van der Waals surface area contributed by atoms with Crippen molar-refractivity contribution in [3.63, 3.8) is 0 Å². The Kier molecular flexibility index (Phi) is 5.07. The molecule has 1 aromatic rings. The maximum absolute atomic E-state index is 9.74. The Morgan fingerprint density at radius 2 is 1.90 bits per heavy atom. The van der Waals surface area contributed by atoms with E-state index in [1.165, 1.54) is 18.4 Å². The normalized spacial score (nSPS) is 26.1. The second-order valence-corrected chi connectivity index (χ2v) is 6.90. The molecule has 0 radical (unpaired) electrons. The van der Waals surface area contributed by atoms with Crippen LogP contribution in [0, 0.1) is 0 Å². The summed E-state index contributed by atoms with van der Waals surface area (Å²) in [6.07, 6.45) is 3.96. The van der Waals surface area contributed by atoms with Crippen molar-refractivity contribution in [3.8, 4) is 0 Å². The summed E-state index contributed by atoms with van der Waals surface area (Å²) in [7, 11) is 0. The Morgan fingerprint density at radius 3 is 2.52 bits per heavy atom. The number of aliphatic hydroxyl groups excluding tert-OH is 1. The highest BCUT2D eigenvalue weighted by molar-refractivity contribution is 6.42. The van der Waals surface area contributed by atoms with Crippen LogP contribution in [0.4, 0.5) is 0 Å². The van der Waals surface area contributed by atoms with Crippen molar-refractivity contribution in [2.45, 2.75) is 43.9 Å². The molecule has 0 bridgehead atoms. The van der Waals surface area contributed by atoms with Crippen LogP contribution >= 0.6 is 23.2 Å². The second kappa shape index (κ2) is 6.84. The standard InChI is InChI=1S/C16H22Cl2N2O/c17-13-4-3-11(10-14(13)18)16(15-2-1-7-19-15)20-8-5-12(21)6-9-20/h3-4,10,12,15-16,19,21H,1-2,5-9H2. The summed E-state index contributed by atoms with van der Waals surface area (Å²) in [6, 6.07) is 6.75. The number of rotatable bonds is 3. The molecule has 2 fully saturated rings. The molecule has 2 saturated heterocycles. The molecule has 1 aromatic carbocycles. The van der Waals surface area contributed by atoms with Gasteiger partial charge in [-0.25, -0.2) is 0 Å². The minimum absolute atomic E-state index is 0.146. The van der Waals surface area contributed by atoms with Crippen LogP contribution in [0.15, 0.2) is 18.2 Å². The van der Waals surface area contributed by atoms with E-state index in [-0.39, 0.29) is 6.10 Å². The Morgan fingerprint density at radius 1 is 1.14 bits per heavy atom. The van der Waals surface area contributed by atoms with E-state index in [1.807, 2.05) is 12.1 Å². The number of likely N-dealkylation sites (tertiary alicyclic amines) is 1. The molecule has 2 N–H and O–H groups in total. The van der Waals surface area contributed by atoms with Crippen molar-refractivity contribution in [2.75, 3.05) is 19.6 Å². The molecule has 2 heterocycles. The monoisotopic (exact) mass is 328 g/mol. The molecule has 0 aromatic heterocycles. The fourth-order valence-electron chi connectivity index (χ4n) is 3.54. The lowest BCUT2D eigenvalue weighted by Crippen LogP contribution is -2.45. The van der Waals surface area contributed by atoms with Crippen molar-refractivity contribution in [1.29, 1.82) is 0 Å². The van der Waals surface area contributed by atoms with Crippen LogP contribution < -0.4 is 5.32 Å². The smallest absolute Gasteiger partial charge is 0.0595 e. The molecule has 2 aliphatic rings. The average molecular weight is 329 g/mol. The Hall–Kier alpha value is -0.320. The minimum atomic E-state index is -0.146. The van der Waals surface area contributed by atoms with Crippen molar-refractivity contribution >= 4 is 23.2 Å². The zero-order valence-electron chi connectivity index (χ0n) is 12.1. The van der Waals surface area contributed by atoms with Gasteiger partial charge in [-0.3, -0.25) is 4.90 Å². The van der Waals surface area contributed by atoms with Crippen molar-refractivity contribution < 1.29 is 5.11 Å². The van der Waals surface area contributed by atoms with Crippen molar-refractivity contribution in [1.82, 2.24) is 10.2 Å². The molecule has 2 atom stereocenters. The van der Waals surface area contributed by atoms with Gasteiger partial charge in [-0.15, -0.1) is 0 Å². The van der Waals surface area contributed by atoms with Crippen LogP contribution in [0.2, 0.25) is 10.0 Å². The van der Waals surface area contributed by atoms with Gasteiger partial charge in [0.2, 0.25) is 0 Å². The number of benzene rings is 1. The SMILES string of the molecule is OC1CCN(C(c2ccc(Cl)c(Cl)c2)C2CCCN2)CC1. The number of piperidine rings is 1. The lowest BCUT2D eigenvalue weighted by molar-refractivity contribution is 0.0512. The zero-order valence-corrected chi connectivity index (χ0v) is 13.6. The maximum Gasteiger partial charge on any atom is 0.0595 e. The van der Waals surface area contributed by atoms with E-state index in [0.29, 0.717) is 22.1 Å². The number of halogens is 2. The van der Waals surface area contributed by atoms with E-state index >= 15 is 0 Å². The third kappa shape index (κ3) is 3.54. The third-order valence-electron chi connectivity index (χ3n) is 4.66.